The van der Waals surface area contributed by atoms with E-state index in [1.165, 1.54) is 24.3 Å². The van der Waals surface area contributed by atoms with Gasteiger partial charge in [-0.15, -0.1) is 0 Å². The molecule has 0 unspecified atom stereocenters. The molecule has 0 amide bonds. The summed E-state index contributed by atoms with van der Waals surface area (Å²) in [6, 6.07) is 9.51. The molecule has 1 N–H and O–H groups in total. The molecule has 0 bridgehead atoms. The third-order valence-electron chi connectivity index (χ3n) is 5.14. The topological polar surface area (TPSA) is 55.8 Å². The maximum atomic E-state index is 13.6. The van der Waals surface area contributed by atoms with Gasteiger partial charge in [0.05, 0.1) is 18.8 Å². The molecule has 1 heterocycles. The summed E-state index contributed by atoms with van der Waals surface area (Å²) in [4.78, 5) is 10.7. The highest BCUT2D eigenvalue weighted by Gasteiger charge is 2.34. The molecule has 0 aliphatic carbocycles. The van der Waals surface area contributed by atoms with E-state index in [0.717, 1.165) is 11.6 Å². The fraction of sp³-hybridized carbons (Fsp3) is 0.292. The molecule has 0 aromatic heterocycles. The van der Waals surface area contributed by atoms with E-state index >= 15 is 0 Å². The summed E-state index contributed by atoms with van der Waals surface area (Å²) in [6.45, 7) is 4.71. The van der Waals surface area contributed by atoms with Crippen molar-refractivity contribution in [2.45, 2.75) is 25.4 Å². The lowest BCUT2D eigenvalue weighted by Gasteiger charge is -2.23. The largest absolute Gasteiger partial charge is 0.489 e. The minimum Gasteiger partial charge on any atom is -0.489 e. The van der Waals surface area contributed by atoms with Crippen LogP contribution < -0.4 is 4.74 Å². The van der Waals surface area contributed by atoms with E-state index in [1.54, 1.807) is 12.1 Å². The van der Waals surface area contributed by atoms with Gasteiger partial charge in [0, 0.05) is 6.42 Å². The molecule has 0 radical (unpaired) electrons. The second-order valence-corrected chi connectivity index (χ2v) is 7.37. The molecule has 0 spiro atoms. The molecule has 0 saturated carbocycles. The van der Waals surface area contributed by atoms with Crippen LogP contribution >= 0.6 is 0 Å². The highest BCUT2D eigenvalue weighted by Crippen LogP contribution is 2.36. The van der Waals surface area contributed by atoms with Gasteiger partial charge in [0.25, 0.3) is 0 Å². The van der Waals surface area contributed by atoms with Crippen LogP contribution in [0.4, 0.5) is 17.6 Å². The molecule has 4 nitrogen and oxygen atoms in total. The predicted octanol–water partition coefficient (Wildman–Crippen LogP) is 5.67. The van der Waals surface area contributed by atoms with Crippen molar-refractivity contribution < 1.29 is 36.9 Å². The second kappa shape index (κ2) is 9.99. The summed E-state index contributed by atoms with van der Waals surface area (Å²) in [7, 11) is 0. The number of carboxylic acid groups (broad SMARTS) is 1. The standard InChI is InChI=1S/C24H22F4O4/c1-15(17-3-2-4-19(25)11-17)21-9-10-31-13-18(21)14-32-20-7-5-16(6-8-23(29)30)22(12-20)24(26,27)28/h2-5,7,11-12H,1,6,8-10,13-14H2,(H,29,30). The van der Waals surface area contributed by atoms with Crippen molar-refractivity contribution in [1.29, 1.82) is 0 Å². The van der Waals surface area contributed by atoms with E-state index in [-0.39, 0.29) is 30.9 Å². The molecule has 170 valence electrons. The molecular formula is C24H22F4O4. The molecule has 0 saturated heterocycles. The number of carboxylic acids is 1. The molecule has 1 aliphatic heterocycles. The summed E-state index contributed by atoms with van der Waals surface area (Å²) in [6.07, 6.45) is -4.76. The van der Waals surface area contributed by atoms with Gasteiger partial charge in [-0.05, 0) is 65.0 Å². The zero-order chi connectivity index (χ0) is 23.3. The quantitative estimate of drug-likeness (QED) is 0.527. The van der Waals surface area contributed by atoms with Crippen LogP contribution in [-0.2, 0) is 22.1 Å². The Balaban J connectivity index is 1.82. The Kier molecular flexibility index (Phi) is 7.35. The summed E-state index contributed by atoms with van der Waals surface area (Å²) < 4.78 is 65.1. The van der Waals surface area contributed by atoms with Crippen molar-refractivity contribution in [1.82, 2.24) is 0 Å². The van der Waals surface area contributed by atoms with Crippen LogP contribution in [0.5, 0.6) is 5.75 Å². The van der Waals surface area contributed by atoms with Crippen molar-refractivity contribution >= 4 is 11.5 Å². The van der Waals surface area contributed by atoms with Crippen LogP contribution in [0.2, 0.25) is 0 Å². The number of halogens is 4. The van der Waals surface area contributed by atoms with Crippen molar-refractivity contribution in [3.8, 4) is 5.75 Å². The van der Waals surface area contributed by atoms with Crippen LogP contribution in [0.1, 0.15) is 29.5 Å². The van der Waals surface area contributed by atoms with E-state index in [1.807, 2.05) is 0 Å². The lowest BCUT2D eigenvalue weighted by molar-refractivity contribution is -0.140. The molecule has 0 atom stereocenters. The average molecular weight is 450 g/mol. The summed E-state index contributed by atoms with van der Waals surface area (Å²) >= 11 is 0. The SMILES string of the molecule is C=C(C1=C(COc2ccc(CCC(=O)O)c(C(F)(F)F)c2)COCC1)c1cccc(F)c1. The van der Waals surface area contributed by atoms with Crippen LogP contribution in [0.15, 0.2) is 60.2 Å². The van der Waals surface area contributed by atoms with Gasteiger partial charge in [0.2, 0.25) is 0 Å². The number of benzene rings is 2. The molecule has 8 heteroatoms. The summed E-state index contributed by atoms with van der Waals surface area (Å²) in [5, 5.41) is 8.77. The number of allylic oxidation sites excluding steroid dienone is 1. The maximum absolute atomic E-state index is 13.6. The van der Waals surface area contributed by atoms with Gasteiger partial charge in [-0.3, -0.25) is 4.79 Å². The number of alkyl halides is 3. The molecule has 3 rings (SSSR count). The molecular weight excluding hydrogens is 428 g/mol. The number of rotatable bonds is 8. The van der Waals surface area contributed by atoms with Gasteiger partial charge >= 0.3 is 12.1 Å². The van der Waals surface area contributed by atoms with Gasteiger partial charge in [-0.25, -0.2) is 4.39 Å². The molecule has 1 aliphatic rings. The lowest BCUT2D eigenvalue weighted by atomic mass is 9.92. The average Bonchev–Trinajstić information content (AvgIpc) is 2.75. The summed E-state index contributed by atoms with van der Waals surface area (Å²) in [5.74, 6) is -1.56. The number of hydrogen-bond donors (Lipinski definition) is 1. The van der Waals surface area contributed by atoms with Crippen molar-refractivity contribution in [2.75, 3.05) is 19.8 Å². The van der Waals surface area contributed by atoms with Gasteiger partial charge in [-0.1, -0.05) is 24.8 Å². The Morgan fingerprint density at radius 2 is 1.97 bits per heavy atom. The van der Waals surface area contributed by atoms with Crippen LogP contribution in [0.3, 0.4) is 0 Å². The number of carbonyl (C=O) groups is 1. The number of hydrogen-bond acceptors (Lipinski definition) is 3. The van der Waals surface area contributed by atoms with E-state index < -0.39 is 29.9 Å². The Labute approximate surface area is 182 Å². The molecule has 0 fully saturated rings. The fourth-order valence-electron chi connectivity index (χ4n) is 3.52. The normalized spacial score (nSPS) is 14.4. The van der Waals surface area contributed by atoms with Crippen LogP contribution in [0, 0.1) is 5.82 Å². The molecule has 2 aromatic carbocycles. The first-order chi connectivity index (χ1) is 15.1. The van der Waals surface area contributed by atoms with Crippen molar-refractivity contribution in [3.05, 3.63) is 82.7 Å². The van der Waals surface area contributed by atoms with E-state index in [9.17, 15) is 22.4 Å². The highest BCUT2D eigenvalue weighted by molar-refractivity contribution is 5.78. The minimum absolute atomic E-state index is 0.00481. The predicted molar refractivity (Wildman–Crippen MR) is 111 cm³/mol. The van der Waals surface area contributed by atoms with Crippen LogP contribution in [0.25, 0.3) is 5.57 Å². The molecule has 2 aromatic rings. The number of aryl methyl sites for hydroxylation is 1. The third kappa shape index (κ3) is 5.97. The first-order valence-electron chi connectivity index (χ1n) is 9.93. The van der Waals surface area contributed by atoms with Crippen molar-refractivity contribution in [3.63, 3.8) is 0 Å². The highest BCUT2D eigenvalue weighted by atomic mass is 19.4. The third-order valence-corrected chi connectivity index (χ3v) is 5.14. The van der Waals surface area contributed by atoms with E-state index in [4.69, 9.17) is 14.6 Å². The Bertz CT molecular complexity index is 1040. The van der Waals surface area contributed by atoms with E-state index in [0.29, 0.717) is 29.7 Å². The first-order valence-corrected chi connectivity index (χ1v) is 9.93. The van der Waals surface area contributed by atoms with Gasteiger partial charge in [0.15, 0.2) is 0 Å². The Hall–Kier alpha value is -3.13. The Morgan fingerprint density at radius 1 is 1.19 bits per heavy atom. The Morgan fingerprint density at radius 3 is 2.66 bits per heavy atom. The number of aliphatic carboxylic acids is 1. The molecule has 32 heavy (non-hydrogen) atoms. The second-order valence-electron chi connectivity index (χ2n) is 7.37. The zero-order valence-electron chi connectivity index (χ0n) is 17.2. The zero-order valence-corrected chi connectivity index (χ0v) is 17.2. The fourth-order valence-corrected chi connectivity index (χ4v) is 3.52. The van der Waals surface area contributed by atoms with Crippen molar-refractivity contribution in [2.24, 2.45) is 0 Å². The number of ether oxygens (including phenoxy) is 2. The van der Waals surface area contributed by atoms with Crippen LogP contribution in [-0.4, -0.2) is 30.9 Å². The van der Waals surface area contributed by atoms with Gasteiger partial charge in [0.1, 0.15) is 18.2 Å². The monoisotopic (exact) mass is 450 g/mol. The lowest BCUT2D eigenvalue weighted by Crippen LogP contribution is -2.18. The first kappa shape index (κ1) is 23.5. The van der Waals surface area contributed by atoms with E-state index in [2.05, 4.69) is 6.58 Å². The van der Waals surface area contributed by atoms with Gasteiger partial charge in [-0.2, -0.15) is 13.2 Å². The summed E-state index contributed by atoms with van der Waals surface area (Å²) in [5.41, 5.74) is 1.75. The van der Waals surface area contributed by atoms with Gasteiger partial charge < -0.3 is 14.6 Å². The minimum atomic E-state index is -4.64. The maximum Gasteiger partial charge on any atom is 0.416 e. The smallest absolute Gasteiger partial charge is 0.416 e.